The largest absolute Gasteiger partial charge is 0.496 e. The number of unbranched alkanes of at least 4 members (excludes halogenated alkanes) is 1. The van der Waals surface area contributed by atoms with Crippen LogP contribution in [-0.2, 0) is 0 Å². The van der Waals surface area contributed by atoms with Gasteiger partial charge in [-0.05, 0) is 33.3 Å². The van der Waals surface area contributed by atoms with Crippen LogP contribution in [0, 0.1) is 0 Å². The Hall–Kier alpha value is -1.28. The fraction of sp³-hybridized carbons (Fsp3) is 0.500. The van der Waals surface area contributed by atoms with Gasteiger partial charge < -0.3 is 14.2 Å². The molecule has 1 aromatic rings. The zero-order valence-electron chi connectivity index (χ0n) is 11.9. The van der Waals surface area contributed by atoms with Gasteiger partial charge in [0.05, 0.1) is 21.3 Å². The Kier molecular flexibility index (Phi) is 6.65. The zero-order valence-corrected chi connectivity index (χ0v) is 12.9. The molecule has 0 bridgehead atoms. The smallest absolute Gasteiger partial charge is 0.188 e. The molecule has 106 valence electrons. The first-order valence-corrected chi connectivity index (χ1v) is 7.47. The van der Waals surface area contributed by atoms with Crippen molar-refractivity contribution in [1.29, 1.82) is 0 Å². The SMILES string of the molecule is CCCCPC(=O)c1c(OC)ccc(OC)c1OC. The maximum absolute atomic E-state index is 12.3. The van der Waals surface area contributed by atoms with Crippen LogP contribution < -0.4 is 14.2 Å². The fourth-order valence-electron chi connectivity index (χ4n) is 1.76. The average molecular weight is 284 g/mol. The maximum Gasteiger partial charge on any atom is 0.188 e. The molecule has 0 amide bonds. The van der Waals surface area contributed by atoms with Gasteiger partial charge in [-0.2, -0.15) is 0 Å². The molecule has 0 N–H and O–H groups in total. The Morgan fingerprint density at radius 3 is 2.26 bits per heavy atom. The van der Waals surface area contributed by atoms with Gasteiger partial charge in [0.25, 0.3) is 0 Å². The van der Waals surface area contributed by atoms with Gasteiger partial charge in [0, 0.05) is 0 Å². The lowest BCUT2D eigenvalue weighted by atomic mass is 10.1. The van der Waals surface area contributed by atoms with Crippen molar-refractivity contribution in [2.45, 2.75) is 19.8 Å². The summed E-state index contributed by atoms with van der Waals surface area (Å²) in [5, 5.41) is 0. The molecule has 0 aliphatic heterocycles. The monoisotopic (exact) mass is 284 g/mol. The molecular weight excluding hydrogens is 263 g/mol. The molecule has 5 heteroatoms. The number of hydrogen-bond donors (Lipinski definition) is 0. The van der Waals surface area contributed by atoms with E-state index in [1.165, 1.54) is 7.11 Å². The highest BCUT2D eigenvalue weighted by atomic mass is 31.1. The predicted molar refractivity (Wildman–Crippen MR) is 78.5 cm³/mol. The van der Waals surface area contributed by atoms with E-state index >= 15 is 0 Å². The molecule has 1 unspecified atom stereocenters. The third kappa shape index (κ3) is 3.84. The van der Waals surface area contributed by atoms with Gasteiger partial charge in [0.1, 0.15) is 11.3 Å². The second-order valence-electron chi connectivity index (χ2n) is 3.99. The van der Waals surface area contributed by atoms with Crippen molar-refractivity contribution in [1.82, 2.24) is 0 Å². The minimum atomic E-state index is 0.0565. The molecule has 0 radical (unpaired) electrons. The molecule has 0 spiro atoms. The van der Waals surface area contributed by atoms with E-state index in [0.29, 0.717) is 22.8 Å². The molecule has 0 aromatic heterocycles. The lowest BCUT2D eigenvalue weighted by molar-refractivity contribution is 0.107. The number of methoxy groups -OCH3 is 3. The Morgan fingerprint density at radius 2 is 1.74 bits per heavy atom. The summed E-state index contributed by atoms with van der Waals surface area (Å²) >= 11 is 0. The average Bonchev–Trinajstić information content (AvgIpc) is 2.45. The summed E-state index contributed by atoms with van der Waals surface area (Å²) < 4.78 is 15.8. The van der Waals surface area contributed by atoms with Crippen molar-refractivity contribution in [3.05, 3.63) is 17.7 Å². The van der Waals surface area contributed by atoms with Gasteiger partial charge in [-0.3, -0.25) is 4.79 Å². The molecular formula is C14H21O4P. The summed E-state index contributed by atoms with van der Waals surface area (Å²) in [6.07, 6.45) is 3.05. The van der Waals surface area contributed by atoms with Gasteiger partial charge in [-0.1, -0.05) is 13.3 Å². The van der Waals surface area contributed by atoms with Gasteiger partial charge in [-0.25, -0.2) is 0 Å². The second kappa shape index (κ2) is 8.00. The second-order valence-corrected chi connectivity index (χ2v) is 5.30. The molecule has 1 atom stereocenters. The molecule has 0 saturated heterocycles. The van der Waals surface area contributed by atoms with E-state index in [4.69, 9.17) is 14.2 Å². The number of carbonyl (C=O) groups excluding carboxylic acids is 1. The third-order valence-electron chi connectivity index (χ3n) is 2.77. The number of ether oxygens (including phenoxy) is 3. The van der Waals surface area contributed by atoms with E-state index in [0.717, 1.165) is 19.0 Å². The first-order valence-electron chi connectivity index (χ1n) is 6.26. The van der Waals surface area contributed by atoms with Crippen LogP contribution in [0.3, 0.4) is 0 Å². The minimum Gasteiger partial charge on any atom is -0.496 e. The van der Waals surface area contributed by atoms with Crippen LogP contribution in [0.25, 0.3) is 0 Å². The number of hydrogen-bond acceptors (Lipinski definition) is 4. The summed E-state index contributed by atoms with van der Waals surface area (Å²) in [5.74, 6) is 1.54. The first-order chi connectivity index (χ1) is 9.19. The quantitative estimate of drug-likeness (QED) is 0.542. The van der Waals surface area contributed by atoms with E-state index in [-0.39, 0.29) is 14.1 Å². The predicted octanol–water partition coefficient (Wildman–Crippen LogP) is 3.33. The molecule has 19 heavy (non-hydrogen) atoms. The van der Waals surface area contributed by atoms with Gasteiger partial charge in [0.15, 0.2) is 17.0 Å². The highest BCUT2D eigenvalue weighted by Gasteiger charge is 2.21. The highest BCUT2D eigenvalue weighted by Crippen LogP contribution is 2.40. The summed E-state index contributed by atoms with van der Waals surface area (Å²) in [6.45, 7) is 2.11. The standard InChI is InChI=1S/C14H21O4P/c1-5-6-9-19-14(15)12-10(16-2)7-8-11(17-3)13(12)18-4/h7-8,19H,5-6,9H2,1-4H3. The van der Waals surface area contributed by atoms with Crippen LogP contribution >= 0.6 is 8.58 Å². The van der Waals surface area contributed by atoms with Gasteiger partial charge in [-0.15, -0.1) is 0 Å². The molecule has 0 aliphatic carbocycles. The molecule has 0 aliphatic rings. The van der Waals surface area contributed by atoms with Gasteiger partial charge >= 0.3 is 0 Å². The third-order valence-corrected chi connectivity index (χ3v) is 3.94. The van der Waals surface area contributed by atoms with Crippen molar-refractivity contribution in [2.24, 2.45) is 0 Å². The first kappa shape index (κ1) is 15.8. The number of benzene rings is 1. The van der Waals surface area contributed by atoms with Crippen molar-refractivity contribution in [3.63, 3.8) is 0 Å². The topological polar surface area (TPSA) is 44.8 Å². The van der Waals surface area contributed by atoms with E-state index in [1.54, 1.807) is 26.4 Å². The van der Waals surface area contributed by atoms with Crippen LogP contribution in [0.15, 0.2) is 12.1 Å². The molecule has 0 fully saturated rings. The molecule has 0 saturated carbocycles. The van der Waals surface area contributed by atoms with Crippen molar-refractivity contribution in [3.8, 4) is 17.2 Å². The van der Waals surface area contributed by atoms with Crippen molar-refractivity contribution < 1.29 is 19.0 Å². The summed E-state index contributed by atoms with van der Waals surface area (Å²) in [4.78, 5) is 12.3. The molecule has 0 heterocycles. The Labute approximate surface area is 116 Å². The molecule has 4 nitrogen and oxygen atoms in total. The fourth-order valence-corrected chi connectivity index (χ4v) is 2.93. The Balaban J connectivity index is 3.10. The lowest BCUT2D eigenvalue weighted by Gasteiger charge is -2.15. The maximum atomic E-state index is 12.3. The normalized spacial score (nSPS) is 10.7. The summed E-state index contributed by atoms with van der Waals surface area (Å²) in [5.41, 5.74) is 0.542. The van der Waals surface area contributed by atoms with Crippen LogP contribution in [-0.4, -0.2) is 33.0 Å². The number of rotatable bonds is 8. The van der Waals surface area contributed by atoms with Crippen molar-refractivity contribution >= 4 is 14.1 Å². The lowest BCUT2D eigenvalue weighted by Crippen LogP contribution is -2.03. The summed E-state index contributed by atoms with van der Waals surface area (Å²) in [6, 6.07) is 3.47. The Morgan fingerprint density at radius 1 is 1.11 bits per heavy atom. The van der Waals surface area contributed by atoms with Crippen LogP contribution in [0.4, 0.5) is 0 Å². The van der Waals surface area contributed by atoms with Crippen LogP contribution in [0.5, 0.6) is 17.2 Å². The van der Waals surface area contributed by atoms with E-state index in [2.05, 4.69) is 6.92 Å². The summed E-state index contributed by atoms with van der Waals surface area (Å²) in [7, 11) is 4.87. The molecule has 1 rings (SSSR count). The van der Waals surface area contributed by atoms with Crippen LogP contribution in [0.1, 0.15) is 30.1 Å². The Bertz CT molecular complexity index is 432. The minimum absolute atomic E-state index is 0.0565. The van der Waals surface area contributed by atoms with E-state index in [1.807, 2.05) is 0 Å². The van der Waals surface area contributed by atoms with Crippen LogP contribution in [0.2, 0.25) is 0 Å². The van der Waals surface area contributed by atoms with E-state index < -0.39 is 0 Å². The van der Waals surface area contributed by atoms with Gasteiger partial charge in [0.2, 0.25) is 0 Å². The molecule has 1 aromatic carbocycles. The zero-order chi connectivity index (χ0) is 14.3. The van der Waals surface area contributed by atoms with E-state index in [9.17, 15) is 4.79 Å². The van der Waals surface area contributed by atoms with Crippen molar-refractivity contribution in [2.75, 3.05) is 27.5 Å². The highest BCUT2D eigenvalue weighted by molar-refractivity contribution is 7.58. The number of carbonyl (C=O) groups is 1.